The van der Waals surface area contributed by atoms with Gasteiger partial charge < -0.3 is 20.3 Å². The molecule has 0 radical (unpaired) electrons. The van der Waals surface area contributed by atoms with Crippen LogP contribution in [0, 0.1) is 12.8 Å². The highest BCUT2D eigenvalue weighted by Gasteiger charge is 2.52. The summed E-state index contributed by atoms with van der Waals surface area (Å²) in [5, 5.41) is 17.3. The first-order valence-electron chi connectivity index (χ1n) is 12.2. The van der Waals surface area contributed by atoms with Crippen molar-refractivity contribution >= 4 is 17.8 Å². The van der Waals surface area contributed by atoms with E-state index in [4.69, 9.17) is 24.5 Å². The Morgan fingerprint density at radius 1 is 1.00 bits per heavy atom. The Labute approximate surface area is 231 Å². The molecule has 2 fully saturated rings. The number of pyridine rings is 1. The number of aryl methyl sites for hydroxylation is 1. The summed E-state index contributed by atoms with van der Waals surface area (Å²) in [4.78, 5) is 36.4. The molecule has 1 atom stereocenters. The summed E-state index contributed by atoms with van der Waals surface area (Å²) in [5.41, 5.74) is 3.40. The molecule has 3 heterocycles. The summed E-state index contributed by atoms with van der Waals surface area (Å²) in [6.45, 7) is 6.67. The van der Waals surface area contributed by atoms with Crippen LogP contribution < -0.4 is 5.32 Å². The van der Waals surface area contributed by atoms with Crippen molar-refractivity contribution in [1.29, 1.82) is 0 Å². The highest BCUT2D eigenvalue weighted by molar-refractivity contribution is 5.93. The number of carboxylic acids is 2. The highest BCUT2D eigenvalue weighted by Crippen LogP contribution is 2.42. The number of nitrogens with zero attached hydrogens (tertiary/aromatic N) is 2. The lowest BCUT2D eigenvalue weighted by atomic mass is 9.78. The van der Waals surface area contributed by atoms with Gasteiger partial charge in [-0.15, -0.1) is 0 Å². The van der Waals surface area contributed by atoms with Crippen LogP contribution in [0.3, 0.4) is 0 Å². The van der Waals surface area contributed by atoms with Crippen LogP contribution in [-0.2, 0) is 20.9 Å². The molecule has 1 aromatic carbocycles. The molecule has 4 rings (SSSR count). The van der Waals surface area contributed by atoms with Gasteiger partial charge in [-0.2, -0.15) is 26.3 Å². The van der Waals surface area contributed by atoms with E-state index in [-0.39, 0.29) is 11.5 Å². The number of hydrogen-bond acceptors (Lipinski definition) is 6. The number of hydrogen-bond donors (Lipinski definition) is 3. The standard InChI is InChI=1S/C22H27N3O2.2C2HF3O2/c1-17-4-2-3-5-19(17)14-25-15-22(16-25)20(9-13-27-22)8-12-24-21(26)18-6-10-23-11-7-18;2*3-2(4,5)1(6)7/h2-7,10-11,20H,8-9,12-16H2,1H3,(H,24,26);2*(H,6,7). The monoisotopic (exact) mass is 593 g/mol. The van der Waals surface area contributed by atoms with E-state index >= 15 is 0 Å². The summed E-state index contributed by atoms with van der Waals surface area (Å²) >= 11 is 0. The predicted molar refractivity (Wildman–Crippen MR) is 132 cm³/mol. The Bertz CT molecular complexity index is 1150. The van der Waals surface area contributed by atoms with Crippen molar-refractivity contribution in [3.05, 3.63) is 65.5 Å². The fraction of sp³-hybridized carbons (Fsp3) is 0.462. The van der Waals surface area contributed by atoms with E-state index in [1.165, 1.54) is 11.1 Å². The lowest BCUT2D eigenvalue weighted by Gasteiger charge is -2.50. The number of nitrogens with one attached hydrogen (secondary N) is 1. The Hall–Kier alpha value is -3.72. The molecule has 41 heavy (non-hydrogen) atoms. The lowest BCUT2D eigenvalue weighted by Crippen LogP contribution is -2.64. The zero-order chi connectivity index (χ0) is 30.8. The van der Waals surface area contributed by atoms with Crippen LogP contribution in [0.5, 0.6) is 0 Å². The van der Waals surface area contributed by atoms with Gasteiger partial charge in [-0.05, 0) is 48.9 Å². The van der Waals surface area contributed by atoms with Gasteiger partial charge in [0.2, 0.25) is 0 Å². The third-order valence-electron chi connectivity index (χ3n) is 6.44. The van der Waals surface area contributed by atoms with Crippen LogP contribution in [0.15, 0.2) is 48.8 Å². The van der Waals surface area contributed by atoms with Crippen LogP contribution in [0.1, 0.15) is 34.3 Å². The van der Waals surface area contributed by atoms with Gasteiger partial charge in [0.05, 0.1) is 5.60 Å². The van der Waals surface area contributed by atoms with Gasteiger partial charge in [-0.1, -0.05) is 24.3 Å². The molecule has 2 aliphatic heterocycles. The normalized spacial score (nSPS) is 17.8. The van der Waals surface area contributed by atoms with Crippen LogP contribution in [0.25, 0.3) is 0 Å². The quantitative estimate of drug-likeness (QED) is 0.428. The smallest absolute Gasteiger partial charge is 0.475 e. The van der Waals surface area contributed by atoms with Crippen molar-refractivity contribution in [2.24, 2.45) is 5.92 Å². The van der Waals surface area contributed by atoms with Gasteiger partial charge >= 0.3 is 24.3 Å². The molecule has 3 N–H and O–H groups in total. The summed E-state index contributed by atoms with van der Waals surface area (Å²) < 4.78 is 69.6. The largest absolute Gasteiger partial charge is 0.490 e. The van der Waals surface area contributed by atoms with Crippen molar-refractivity contribution in [3.63, 3.8) is 0 Å². The summed E-state index contributed by atoms with van der Waals surface area (Å²) in [6, 6.07) is 12.1. The molecule has 2 aliphatic rings. The maximum Gasteiger partial charge on any atom is 0.490 e. The molecule has 1 unspecified atom stereocenters. The van der Waals surface area contributed by atoms with Gasteiger partial charge in [0.25, 0.3) is 5.91 Å². The minimum absolute atomic E-state index is 0.00984. The molecular weight excluding hydrogens is 564 g/mol. The first-order valence-corrected chi connectivity index (χ1v) is 12.2. The van der Waals surface area contributed by atoms with Crippen molar-refractivity contribution in [3.8, 4) is 0 Å². The molecule has 2 aromatic rings. The van der Waals surface area contributed by atoms with Gasteiger partial charge in [-0.3, -0.25) is 14.7 Å². The predicted octanol–water partition coefficient (Wildman–Crippen LogP) is 4.07. The van der Waals surface area contributed by atoms with Gasteiger partial charge in [0.1, 0.15) is 0 Å². The van der Waals surface area contributed by atoms with Crippen molar-refractivity contribution in [2.45, 2.75) is 44.3 Å². The first kappa shape index (κ1) is 33.5. The van der Waals surface area contributed by atoms with E-state index in [0.29, 0.717) is 18.0 Å². The van der Waals surface area contributed by atoms with Crippen LogP contribution >= 0.6 is 0 Å². The highest BCUT2D eigenvalue weighted by atomic mass is 19.4. The van der Waals surface area contributed by atoms with E-state index in [0.717, 1.165) is 39.1 Å². The molecule has 1 spiro atoms. The molecule has 1 amide bonds. The lowest BCUT2D eigenvalue weighted by molar-refractivity contribution is -0.193. The molecule has 1 aromatic heterocycles. The van der Waals surface area contributed by atoms with Crippen molar-refractivity contribution in [1.82, 2.24) is 15.2 Å². The van der Waals surface area contributed by atoms with E-state index in [2.05, 4.69) is 46.4 Å². The van der Waals surface area contributed by atoms with Crippen molar-refractivity contribution < 1.29 is 55.7 Å². The summed E-state index contributed by atoms with van der Waals surface area (Å²) in [6.07, 6.45) is -4.82. The molecule has 15 heteroatoms. The minimum atomic E-state index is -5.08. The Kier molecular flexibility index (Phi) is 11.6. The second-order valence-electron chi connectivity index (χ2n) is 9.36. The molecule has 2 saturated heterocycles. The number of carbonyl (C=O) groups is 3. The number of ether oxygens (including phenoxy) is 1. The number of likely N-dealkylation sites (tertiary alicyclic amines) is 1. The van der Waals surface area contributed by atoms with Gasteiger partial charge in [0.15, 0.2) is 0 Å². The summed E-state index contributed by atoms with van der Waals surface area (Å²) in [7, 11) is 0. The molecule has 0 saturated carbocycles. The number of carbonyl (C=O) groups excluding carboxylic acids is 1. The fourth-order valence-corrected chi connectivity index (χ4v) is 4.36. The Balaban J connectivity index is 0.000000349. The zero-order valence-corrected chi connectivity index (χ0v) is 21.8. The van der Waals surface area contributed by atoms with Gasteiger partial charge in [0, 0.05) is 50.7 Å². The SMILES string of the molecule is Cc1ccccc1CN1CC2(C1)OCCC2CCNC(=O)c1ccncc1.O=C(O)C(F)(F)F.O=C(O)C(F)(F)F. The number of carboxylic acid groups (broad SMARTS) is 2. The average Bonchev–Trinajstić information content (AvgIpc) is 3.29. The number of amides is 1. The summed E-state index contributed by atoms with van der Waals surface area (Å²) in [5.74, 6) is -5.02. The molecule has 0 bridgehead atoms. The zero-order valence-electron chi connectivity index (χ0n) is 21.8. The minimum Gasteiger partial charge on any atom is -0.475 e. The second kappa shape index (κ2) is 14.3. The average molecular weight is 594 g/mol. The molecule has 9 nitrogen and oxygen atoms in total. The molecule has 226 valence electrons. The van der Waals surface area contributed by atoms with E-state index < -0.39 is 24.3 Å². The number of halogens is 6. The van der Waals surface area contributed by atoms with Gasteiger partial charge in [-0.25, -0.2) is 9.59 Å². The maximum absolute atomic E-state index is 12.2. The van der Waals surface area contributed by atoms with Crippen LogP contribution in [0.4, 0.5) is 26.3 Å². The number of benzene rings is 1. The first-order chi connectivity index (χ1) is 19.0. The topological polar surface area (TPSA) is 129 Å². The molecule has 0 aliphatic carbocycles. The Morgan fingerprint density at radius 3 is 2.05 bits per heavy atom. The number of aromatic nitrogens is 1. The van der Waals surface area contributed by atoms with E-state index in [1.54, 1.807) is 24.5 Å². The number of rotatable bonds is 6. The molecular formula is C26H29F6N3O6. The van der Waals surface area contributed by atoms with Crippen LogP contribution in [0.2, 0.25) is 0 Å². The van der Waals surface area contributed by atoms with Crippen molar-refractivity contribution in [2.75, 3.05) is 26.2 Å². The maximum atomic E-state index is 12.2. The second-order valence-corrected chi connectivity index (χ2v) is 9.36. The third-order valence-corrected chi connectivity index (χ3v) is 6.44. The Morgan fingerprint density at radius 2 is 1.54 bits per heavy atom. The number of alkyl halides is 6. The van der Waals surface area contributed by atoms with E-state index in [9.17, 15) is 31.1 Å². The van der Waals surface area contributed by atoms with Crippen LogP contribution in [-0.4, -0.2) is 82.1 Å². The number of aliphatic carboxylic acids is 2. The third kappa shape index (κ3) is 10.3. The fourth-order valence-electron chi connectivity index (χ4n) is 4.36. The van der Waals surface area contributed by atoms with E-state index in [1.807, 2.05) is 0 Å².